The quantitative estimate of drug-likeness (QED) is 0.680. The average Bonchev–Trinajstić information content (AvgIpc) is 3.06. The van der Waals surface area contributed by atoms with Gasteiger partial charge < -0.3 is 10.2 Å². The van der Waals surface area contributed by atoms with Gasteiger partial charge in [0, 0.05) is 46.5 Å². The molecule has 1 fully saturated rings. The van der Waals surface area contributed by atoms with Gasteiger partial charge in [-0.1, -0.05) is 12.1 Å². The molecule has 0 unspecified atom stereocenters. The summed E-state index contributed by atoms with van der Waals surface area (Å²) in [6.45, 7) is 2.08. The molecule has 2 N–H and O–H groups in total. The smallest absolute Gasteiger partial charge is 0.262 e. The van der Waals surface area contributed by atoms with E-state index in [1.54, 1.807) is 36.4 Å². The fourth-order valence-corrected chi connectivity index (χ4v) is 5.46. The summed E-state index contributed by atoms with van der Waals surface area (Å²) < 4.78 is 28.9. The number of nitrogens with one attached hydrogen (secondary N) is 2. The molecule has 7 heteroatoms. The van der Waals surface area contributed by atoms with E-state index in [1.807, 2.05) is 12.1 Å². The van der Waals surface area contributed by atoms with Gasteiger partial charge in [-0.15, -0.1) is 0 Å². The lowest BCUT2D eigenvalue weighted by molar-refractivity contribution is 0.103. The van der Waals surface area contributed by atoms with Crippen molar-refractivity contribution >= 4 is 43.8 Å². The Bertz CT molecular complexity index is 1210. The van der Waals surface area contributed by atoms with E-state index in [9.17, 15) is 13.2 Å². The molecule has 29 heavy (non-hydrogen) atoms. The van der Waals surface area contributed by atoms with Crippen molar-refractivity contribution in [3.63, 3.8) is 0 Å². The summed E-state index contributed by atoms with van der Waals surface area (Å²) in [6.07, 6.45) is 3.65. The first-order valence-corrected chi connectivity index (χ1v) is 11.3. The van der Waals surface area contributed by atoms with E-state index in [4.69, 9.17) is 0 Å². The number of benzene rings is 3. The van der Waals surface area contributed by atoms with Crippen LogP contribution < -0.4 is 14.9 Å². The molecule has 0 spiro atoms. The van der Waals surface area contributed by atoms with Crippen LogP contribution in [0.2, 0.25) is 0 Å². The summed E-state index contributed by atoms with van der Waals surface area (Å²) in [6, 6.07) is 15.8. The fourth-order valence-electron chi connectivity index (χ4n) is 4.20. The molecule has 2 aliphatic heterocycles. The van der Waals surface area contributed by atoms with Crippen LogP contribution in [-0.2, 0) is 10.0 Å². The summed E-state index contributed by atoms with van der Waals surface area (Å²) in [5.74, 6) is -0.207. The number of carbonyl (C=O) groups excluding carboxylic acids is 1. The molecule has 2 heterocycles. The van der Waals surface area contributed by atoms with Crippen molar-refractivity contribution in [3.05, 3.63) is 60.2 Å². The van der Waals surface area contributed by atoms with Crippen LogP contribution in [0.5, 0.6) is 0 Å². The van der Waals surface area contributed by atoms with Gasteiger partial charge in [0.25, 0.3) is 15.9 Å². The van der Waals surface area contributed by atoms with Gasteiger partial charge in [0.2, 0.25) is 0 Å². The second-order valence-electron chi connectivity index (χ2n) is 7.49. The fraction of sp³-hybridized carbons (Fsp3) is 0.227. The van der Waals surface area contributed by atoms with E-state index in [0.717, 1.165) is 18.8 Å². The van der Waals surface area contributed by atoms with Crippen LogP contribution in [0.3, 0.4) is 0 Å². The van der Waals surface area contributed by atoms with E-state index in [-0.39, 0.29) is 10.8 Å². The number of sulfonamides is 1. The van der Waals surface area contributed by atoms with Gasteiger partial charge in [0.15, 0.2) is 0 Å². The molecule has 3 aromatic rings. The van der Waals surface area contributed by atoms with Gasteiger partial charge in [0.05, 0.1) is 4.90 Å². The van der Waals surface area contributed by atoms with Crippen LogP contribution in [0.4, 0.5) is 17.1 Å². The molecule has 5 rings (SSSR count). The second kappa shape index (κ2) is 6.77. The number of rotatable bonds is 4. The molecule has 1 saturated heterocycles. The van der Waals surface area contributed by atoms with Crippen molar-refractivity contribution in [3.8, 4) is 0 Å². The number of hydrogen-bond donors (Lipinski definition) is 2. The summed E-state index contributed by atoms with van der Waals surface area (Å²) in [5, 5.41) is 3.97. The molecule has 2 aliphatic rings. The first-order valence-electron chi connectivity index (χ1n) is 9.78. The minimum Gasteiger partial charge on any atom is -0.372 e. The van der Waals surface area contributed by atoms with Crippen molar-refractivity contribution in [1.82, 2.24) is 0 Å². The molecule has 0 atom stereocenters. The first-order chi connectivity index (χ1) is 14.0. The maximum absolute atomic E-state index is 13.1. The number of nitrogens with zero attached hydrogens (tertiary/aromatic N) is 1. The van der Waals surface area contributed by atoms with E-state index >= 15 is 0 Å². The lowest BCUT2D eigenvalue weighted by atomic mass is 10.1. The molecule has 0 aliphatic carbocycles. The lowest BCUT2D eigenvalue weighted by Gasteiger charge is -2.28. The minimum atomic E-state index is -3.80. The topological polar surface area (TPSA) is 78.5 Å². The van der Waals surface area contributed by atoms with Crippen LogP contribution in [0, 0.1) is 0 Å². The third kappa shape index (κ3) is 3.11. The Balaban J connectivity index is 1.46. The Labute approximate surface area is 169 Å². The van der Waals surface area contributed by atoms with Gasteiger partial charge in [-0.05, 0) is 61.7 Å². The monoisotopic (exact) mass is 407 g/mol. The van der Waals surface area contributed by atoms with E-state index in [1.165, 1.54) is 25.3 Å². The van der Waals surface area contributed by atoms with Gasteiger partial charge >= 0.3 is 0 Å². The molecular weight excluding hydrogens is 386 g/mol. The molecular formula is C22H21N3O3S. The number of anilines is 3. The van der Waals surface area contributed by atoms with Crippen molar-refractivity contribution in [2.45, 2.75) is 24.2 Å². The Morgan fingerprint density at radius 3 is 2.41 bits per heavy atom. The number of piperidine rings is 1. The van der Waals surface area contributed by atoms with Crippen LogP contribution in [0.15, 0.2) is 59.5 Å². The maximum atomic E-state index is 13.1. The number of carbonyl (C=O) groups is 1. The molecule has 0 saturated carbocycles. The molecule has 0 radical (unpaired) electrons. The third-order valence-electron chi connectivity index (χ3n) is 5.62. The second-order valence-corrected chi connectivity index (χ2v) is 9.14. The van der Waals surface area contributed by atoms with E-state index in [0.29, 0.717) is 27.7 Å². The molecule has 148 valence electrons. The third-order valence-corrected chi connectivity index (χ3v) is 7.06. The highest BCUT2D eigenvalue weighted by molar-refractivity contribution is 7.93. The summed E-state index contributed by atoms with van der Waals surface area (Å²) >= 11 is 0. The SMILES string of the molecule is O=C1Nc2ccc(S(=O)(=O)Nc3ccc(N4CCCCC4)cc3)c3cccc1c23. The maximum Gasteiger partial charge on any atom is 0.262 e. The predicted molar refractivity (Wildman–Crippen MR) is 115 cm³/mol. The largest absolute Gasteiger partial charge is 0.372 e. The zero-order chi connectivity index (χ0) is 20.0. The van der Waals surface area contributed by atoms with Gasteiger partial charge in [-0.25, -0.2) is 8.42 Å². The molecule has 3 aromatic carbocycles. The molecule has 1 amide bonds. The molecule has 0 aromatic heterocycles. The Morgan fingerprint density at radius 2 is 1.66 bits per heavy atom. The summed E-state index contributed by atoms with van der Waals surface area (Å²) in [7, 11) is -3.80. The Morgan fingerprint density at radius 1 is 0.897 bits per heavy atom. The van der Waals surface area contributed by atoms with Crippen molar-refractivity contribution < 1.29 is 13.2 Å². The van der Waals surface area contributed by atoms with Crippen LogP contribution >= 0.6 is 0 Å². The van der Waals surface area contributed by atoms with E-state index in [2.05, 4.69) is 14.9 Å². The van der Waals surface area contributed by atoms with Crippen molar-refractivity contribution in [2.24, 2.45) is 0 Å². The normalized spacial score (nSPS) is 16.1. The zero-order valence-electron chi connectivity index (χ0n) is 15.8. The molecule has 0 bridgehead atoms. The van der Waals surface area contributed by atoms with Crippen molar-refractivity contribution in [1.29, 1.82) is 0 Å². The van der Waals surface area contributed by atoms with Gasteiger partial charge in [-0.3, -0.25) is 9.52 Å². The highest BCUT2D eigenvalue weighted by Crippen LogP contribution is 2.37. The van der Waals surface area contributed by atoms with E-state index < -0.39 is 10.0 Å². The summed E-state index contributed by atoms with van der Waals surface area (Å²) in [5.41, 5.74) is 2.77. The zero-order valence-corrected chi connectivity index (χ0v) is 16.6. The minimum absolute atomic E-state index is 0.162. The molecule has 6 nitrogen and oxygen atoms in total. The highest BCUT2D eigenvalue weighted by Gasteiger charge is 2.26. The van der Waals surface area contributed by atoms with Crippen LogP contribution in [-0.4, -0.2) is 27.4 Å². The van der Waals surface area contributed by atoms with Crippen LogP contribution in [0.25, 0.3) is 10.8 Å². The highest BCUT2D eigenvalue weighted by atomic mass is 32.2. The average molecular weight is 407 g/mol. The predicted octanol–water partition coefficient (Wildman–Crippen LogP) is 4.20. The lowest BCUT2D eigenvalue weighted by Crippen LogP contribution is -2.29. The Hall–Kier alpha value is -3.06. The first kappa shape index (κ1) is 18.0. The summed E-state index contributed by atoms with van der Waals surface area (Å²) in [4.78, 5) is 14.6. The van der Waals surface area contributed by atoms with Crippen LogP contribution in [0.1, 0.15) is 29.6 Å². The standard InChI is InChI=1S/C22H21N3O3S/c26-22-18-6-4-5-17-20(12-11-19(23-22)21(17)18)29(27,28)24-15-7-9-16(10-8-15)25-13-2-1-3-14-25/h4-12,24H,1-3,13-14H2,(H,23,26). The van der Waals surface area contributed by atoms with Crippen molar-refractivity contribution in [2.75, 3.05) is 28.0 Å². The van der Waals surface area contributed by atoms with Gasteiger partial charge in [0.1, 0.15) is 0 Å². The Kier molecular flexibility index (Phi) is 4.20. The number of amides is 1. The van der Waals surface area contributed by atoms with Gasteiger partial charge in [-0.2, -0.15) is 0 Å². The number of hydrogen-bond acceptors (Lipinski definition) is 4.